The molecule has 6 heterocycles. The fourth-order valence-corrected chi connectivity index (χ4v) is 6.22. The van der Waals surface area contributed by atoms with Crippen LogP contribution in [-0.4, -0.2) is 29.9 Å². The third-order valence-corrected chi connectivity index (χ3v) is 10.5. The number of rotatable bonds is 3. The molecular formula is C54H72N6OsRu+5. The molecule has 6 nitrogen and oxygen atoms in total. The van der Waals surface area contributed by atoms with Crippen molar-refractivity contribution in [3.63, 3.8) is 0 Å². The molecule has 6 aromatic rings. The molecule has 0 spiro atoms. The Morgan fingerprint density at radius 2 is 0.355 bits per heavy atom. The van der Waals surface area contributed by atoms with Gasteiger partial charge in [-0.2, -0.15) is 0 Å². The summed E-state index contributed by atoms with van der Waals surface area (Å²) in [5.74, 6) is 0. The predicted octanol–water partition coefficient (Wildman–Crippen LogP) is 14.2. The average molecular weight is 1100 g/mol. The Bertz CT molecular complexity index is 1920. The quantitative estimate of drug-likeness (QED) is 0.164. The number of nitrogens with zero attached hydrogens (tertiary/aromatic N) is 6. The summed E-state index contributed by atoms with van der Waals surface area (Å²) in [6.45, 7) is 39.8. The molecule has 0 aromatic carbocycles. The molecule has 0 unspecified atom stereocenters. The summed E-state index contributed by atoms with van der Waals surface area (Å²) in [6.07, 6.45) is 11.3. The minimum Gasteiger partial charge on any atom is -0.255 e. The van der Waals surface area contributed by atoms with Gasteiger partial charge in [-0.15, -0.1) is 0 Å². The summed E-state index contributed by atoms with van der Waals surface area (Å²) in [6, 6.07) is 25.4. The molecule has 8 heteroatoms. The van der Waals surface area contributed by atoms with E-state index in [4.69, 9.17) is 0 Å². The van der Waals surface area contributed by atoms with Gasteiger partial charge in [-0.05, 0) is 139 Å². The van der Waals surface area contributed by atoms with Crippen molar-refractivity contribution in [3.8, 4) is 34.2 Å². The zero-order chi connectivity index (χ0) is 44.9. The van der Waals surface area contributed by atoms with Gasteiger partial charge in [-0.25, -0.2) is 0 Å². The van der Waals surface area contributed by atoms with Crippen LogP contribution < -0.4 is 0 Å². The van der Waals surface area contributed by atoms with Gasteiger partial charge in [0.25, 0.3) is 0 Å². The van der Waals surface area contributed by atoms with Crippen molar-refractivity contribution in [1.82, 2.24) is 29.9 Å². The minimum atomic E-state index is 0. The molecule has 0 N–H and O–H groups in total. The van der Waals surface area contributed by atoms with Crippen LogP contribution in [0.5, 0.6) is 0 Å². The fraction of sp³-hybridized carbons (Fsp3) is 0.444. The Morgan fingerprint density at radius 3 is 0.452 bits per heavy atom. The molecule has 0 saturated carbocycles. The number of hydrogen-bond acceptors (Lipinski definition) is 6. The summed E-state index contributed by atoms with van der Waals surface area (Å²) in [4.78, 5) is 26.9. The second-order valence-corrected chi connectivity index (χ2v) is 22.1. The maximum absolute atomic E-state index is 4.48. The zero-order valence-corrected chi connectivity index (χ0v) is 45.1. The van der Waals surface area contributed by atoms with E-state index >= 15 is 0 Å². The predicted molar refractivity (Wildman–Crippen MR) is 255 cm³/mol. The first-order valence-electron chi connectivity index (χ1n) is 21.3. The summed E-state index contributed by atoms with van der Waals surface area (Å²) < 4.78 is 0. The number of hydrogen-bond donors (Lipinski definition) is 0. The van der Waals surface area contributed by atoms with E-state index in [1.807, 2.05) is 37.2 Å². The number of aromatic nitrogens is 6. The van der Waals surface area contributed by atoms with E-state index in [1.54, 1.807) is 0 Å². The molecule has 0 bridgehead atoms. The minimum absolute atomic E-state index is 0. The maximum Gasteiger partial charge on any atom is 3.00 e. The van der Waals surface area contributed by atoms with Gasteiger partial charge >= 0.3 is 39.3 Å². The summed E-state index contributed by atoms with van der Waals surface area (Å²) in [5, 5.41) is 0. The average Bonchev–Trinajstić information content (AvgIpc) is 3.17. The fourth-order valence-electron chi connectivity index (χ4n) is 6.22. The third-order valence-electron chi connectivity index (χ3n) is 10.5. The molecule has 6 rings (SSSR count). The molecule has 0 aliphatic rings. The second-order valence-electron chi connectivity index (χ2n) is 22.1. The molecule has 0 amide bonds. The van der Waals surface area contributed by atoms with Crippen LogP contribution in [0.4, 0.5) is 0 Å². The Labute approximate surface area is 401 Å². The van der Waals surface area contributed by atoms with Crippen molar-refractivity contribution in [2.24, 2.45) is 0 Å². The van der Waals surface area contributed by atoms with Gasteiger partial charge < -0.3 is 0 Å². The zero-order valence-electron chi connectivity index (χ0n) is 40.8. The van der Waals surface area contributed by atoms with Crippen molar-refractivity contribution in [1.29, 1.82) is 0 Å². The SMILES string of the molecule is CC(C)(C)c1ccnc(-c2cc(C(C)(C)C)ccn2)c1.CC(C)(C)c1ccnc(-c2cc(C(C)(C)C)ccn2)c1.CC(C)(C)c1ccnc(-c2cc(C(C)(C)C)ccn2)c1.[Os+2].[Ru+3]. The van der Waals surface area contributed by atoms with Crippen LogP contribution in [0.15, 0.2) is 110 Å². The van der Waals surface area contributed by atoms with E-state index in [2.05, 4.69) is 227 Å². The Kier molecular flexibility index (Phi) is 18.6. The van der Waals surface area contributed by atoms with Crippen molar-refractivity contribution in [2.45, 2.75) is 157 Å². The standard InChI is InChI=1S/3C18H24N2.Os.Ru/c3*1-17(2,3)13-7-9-19-15(11-13)16-12-14(8-10-20-16)18(4,5)6;;/h3*7-12H,1-6H3;;/q;;;+2;+3. The monoisotopic (exact) mass is 1100 g/mol. The van der Waals surface area contributed by atoms with E-state index in [-0.39, 0.29) is 71.8 Å². The van der Waals surface area contributed by atoms with E-state index in [1.165, 1.54) is 33.4 Å². The van der Waals surface area contributed by atoms with Gasteiger partial charge in [0.15, 0.2) is 0 Å². The van der Waals surface area contributed by atoms with Crippen LogP contribution in [0.3, 0.4) is 0 Å². The molecule has 0 saturated heterocycles. The Morgan fingerprint density at radius 1 is 0.242 bits per heavy atom. The summed E-state index contributed by atoms with van der Waals surface area (Å²) >= 11 is 0. The van der Waals surface area contributed by atoms with Crippen molar-refractivity contribution < 1.29 is 39.3 Å². The molecule has 0 aliphatic carbocycles. The molecular weight excluding hydrogens is 1020 g/mol. The first kappa shape index (κ1) is 54.3. The van der Waals surface area contributed by atoms with Crippen LogP contribution in [0.1, 0.15) is 158 Å². The summed E-state index contributed by atoms with van der Waals surface area (Å²) in [5.41, 5.74) is 14.1. The van der Waals surface area contributed by atoms with Crippen LogP contribution in [0.25, 0.3) is 34.2 Å². The van der Waals surface area contributed by atoms with E-state index in [9.17, 15) is 0 Å². The smallest absolute Gasteiger partial charge is 0.255 e. The van der Waals surface area contributed by atoms with E-state index < -0.39 is 0 Å². The Hall–Kier alpha value is -3.84. The molecule has 6 aromatic heterocycles. The van der Waals surface area contributed by atoms with E-state index in [0.29, 0.717) is 0 Å². The van der Waals surface area contributed by atoms with Crippen molar-refractivity contribution >= 4 is 0 Å². The molecule has 62 heavy (non-hydrogen) atoms. The van der Waals surface area contributed by atoms with Gasteiger partial charge in [-0.3, -0.25) is 29.9 Å². The normalized spacial score (nSPS) is 12.1. The van der Waals surface area contributed by atoms with Gasteiger partial charge in [0, 0.05) is 37.2 Å². The van der Waals surface area contributed by atoms with Crippen LogP contribution >= 0.6 is 0 Å². The molecule has 0 fully saturated rings. The second kappa shape index (κ2) is 21.2. The first-order valence-corrected chi connectivity index (χ1v) is 21.3. The van der Waals surface area contributed by atoms with Crippen molar-refractivity contribution in [3.05, 3.63) is 143 Å². The van der Waals surface area contributed by atoms with Crippen LogP contribution in [-0.2, 0) is 71.8 Å². The van der Waals surface area contributed by atoms with Gasteiger partial charge in [0.1, 0.15) is 0 Å². The first-order chi connectivity index (χ1) is 27.5. The molecule has 329 valence electrons. The van der Waals surface area contributed by atoms with Crippen molar-refractivity contribution in [2.75, 3.05) is 0 Å². The van der Waals surface area contributed by atoms with Gasteiger partial charge in [-0.1, -0.05) is 125 Å². The Balaban J connectivity index is 0.000000315. The molecule has 0 aliphatic heterocycles. The topological polar surface area (TPSA) is 77.3 Å². The number of pyridine rings is 6. The largest absolute Gasteiger partial charge is 3.00 e. The maximum atomic E-state index is 4.48. The van der Waals surface area contributed by atoms with Crippen LogP contribution in [0.2, 0.25) is 0 Å². The molecule has 0 atom stereocenters. The van der Waals surface area contributed by atoms with E-state index in [0.717, 1.165) is 34.2 Å². The van der Waals surface area contributed by atoms with Crippen LogP contribution in [0, 0.1) is 0 Å². The third kappa shape index (κ3) is 15.7. The summed E-state index contributed by atoms with van der Waals surface area (Å²) in [7, 11) is 0. The molecule has 1 radical (unpaired) electrons. The van der Waals surface area contributed by atoms with Gasteiger partial charge in [0.2, 0.25) is 0 Å². The van der Waals surface area contributed by atoms with Gasteiger partial charge in [0.05, 0.1) is 34.2 Å².